The molecule has 0 saturated carbocycles. The normalized spacial score (nSPS) is 11.2. The number of primary amides is 1. The van der Waals surface area contributed by atoms with E-state index in [1.165, 1.54) is 0 Å². The van der Waals surface area contributed by atoms with E-state index in [0.717, 1.165) is 5.56 Å². The zero-order valence-electron chi connectivity index (χ0n) is 12.3. The van der Waals surface area contributed by atoms with E-state index in [2.05, 4.69) is 15.5 Å². The Balaban J connectivity index is 2.06. The first-order chi connectivity index (χ1) is 10.3. The number of carbonyl (C=O) groups is 2. The molecule has 2 amide bonds. The van der Waals surface area contributed by atoms with Gasteiger partial charge in [0.1, 0.15) is 5.69 Å². The second-order valence-corrected chi connectivity index (χ2v) is 6.04. The number of rotatable bonds is 5. The fourth-order valence-corrected chi connectivity index (χ4v) is 1.82. The van der Waals surface area contributed by atoms with Crippen LogP contribution in [0.2, 0.25) is 5.02 Å². The smallest absolute Gasteiger partial charge is 0.269 e. The van der Waals surface area contributed by atoms with Crippen molar-refractivity contribution < 1.29 is 9.59 Å². The van der Waals surface area contributed by atoms with Gasteiger partial charge in [-0.05, 0) is 32.0 Å². The van der Waals surface area contributed by atoms with Crippen LogP contribution in [0.5, 0.6) is 0 Å². The molecule has 22 heavy (non-hydrogen) atoms. The first-order valence-corrected chi connectivity index (χ1v) is 7.07. The van der Waals surface area contributed by atoms with Crippen LogP contribution in [-0.2, 0) is 4.79 Å². The molecule has 0 unspecified atom stereocenters. The summed E-state index contributed by atoms with van der Waals surface area (Å²) in [6.07, 6.45) is 0. The maximum Gasteiger partial charge on any atom is 0.269 e. The number of halogens is 1. The second kappa shape index (κ2) is 6.19. The molecule has 0 aliphatic rings. The van der Waals surface area contributed by atoms with E-state index in [-0.39, 0.29) is 12.5 Å². The molecule has 0 aliphatic carbocycles. The summed E-state index contributed by atoms with van der Waals surface area (Å²) in [6, 6.07) is 8.77. The van der Waals surface area contributed by atoms with Crippen LogP contribution in [0.3, 0.4) is 0 Å². The minimum Gasteiger partial charge on any atom is -0.369 e. The highest BCUT2D eigenvalue weighted by molar-refractivity contribution is 6.30. The Bertz CT molecular complexity index is 692. The Morgan fingerprint density at radius 3 is 2.55 bits per heavy atom. The molecule has 2 aromatic rings. The molecule has 2 rings (SSSR count). The van der Waals surface area contributed by atoms with E-state index in [1.807, 2.05) is 12.1 Å². The van der Waals surface area contributed by atoms with Crippen molar-refractivity contribution in [3.05, 3.63) is 41.0 Å². The molecule has 0 aliphatic heterocycles. The first-order valence-electron chi connectivity index (χ1n) is 6.69. The summed E-state index contributed by atoms with van der Waals surface area (Å²) in [5.41, 5.74) is 6.25. The lowest BCUT2D eigenvalue weighted by Crippen LogP contribution is -2.42. The van der Waals surface area contributed by atoms with E-state index in [9.17, 15) is 9.59 Å². The summed E-state index contributed by atoms with van der Waals surface area (Å²) in [5, 5.41) is 10.1. The largest absolute Gasteiger partial charge is 0.369 e. The third-order valence-electron chi connectivity index (χ3n) is 3.32. The average molecular weight is 321 g/mol. The van der Waals surface area contributed by atoms with Gasteiger partial charge in [0, 0.05) is 17.1 Å². The highest BCUT2D eigenvalue weighted by Gasteiger charge is 2.26. The van der Waals surface area contributed by atoms with Gasteiger partial charge in [0.2, 0.25) is 5.91 Å². The van der Waals surface area contributed by atoms with Crippen molar-refractivity contribution in [1.29, 1.82) is 0 Å². The maximum atomic E-state index is 12.1. The molecular formula is C15H17ClN4O2. The van der Waals surface area contributed by atoms with E-state index >= 15 is 0 Å². The number of aromatic amines is 1. The number of nitrogens with one attached hydrogen (secondary N) is 2. The summed E-state index contributed by atoms with van der Waals surface area (Å²) in [7, 11) is 0. The summed E-state index contributed by atoms with van der Waals surface area (Å²) >= 11 is 5.83. The van der Waals surface area contributed by atoms with E-state index < -0.39 is 11.3 Å². The van der Waals surface area contributed by atoms with Gasteiger partial charge >= 0.3 is 0 Å². The van der Waals surface area contributed by atoms with Gasteiger partial charge in [0.05, 0.1) is 11.1 Å². The van der Waals surface area contributed by atoms with Gasteiger partial charge in [0.25, 0.3) is 5.91 Å². The number of aromatic nitrogens is 2. The highest BCUT2D eigenvalue weighted by Crippen LogP contribution is 2.20. The van der Waals surface area contributed by atoms with Crippen LogP contribution in [0.25, 0.3) is 11.3 Å². The first kappa shape index (κ1) is 16.0. The topological polar surface area (TPSA) is 101 Å². The number of carbonyl (C=O) groups excluding carboxylic acids is 2. The lowest BCUT2D eigenvalue weighted by atomic mass is 9.93. The minimum absolute atomic E-state index is 0.149. The molecule has 1 aromatic heterocycles. The predicted octanol–water partition coefficient (Wildman–Crippen LogP) is 1.97. The van der Waals surface area contributed by atoms with Crippen molar-refractivity contribution >= 4 is 23.4 Å². The van der Waals surface area contributed by atoms with Gasteiger partial charge in [-0.15, -0.1) is 0 Å². The van der Waals surface area contributed by atoms with Gasteiger partial charge in [0.15, 0.2) is 0 Å². The molecule has 0 bridgehead atoms. The minimum atomic E-state index is -0.811. The zero-order chi connectivity index (χ0) is 16.3. The predicted molar refractivity (Wildman–Crippen MR) is 84.3 cm³/mol. The molecular weight excluding hydrogens is 304 g/mol. The van der Waals surface area contributed by atoms with Crippen LogP contribution in [0.4, 0.5) is 0 Å². The molecule has 7 heteroatoms. The number of nitrogens with zero attached hydrogens (tertiary/aromatic N) is 1. The standard InChI is InChI=1S/C15H17ClN4O2/c1-15(2,14(17)22)8-18-13(21)12-7-11(19-20-12)9-3-5-10(16)6-4-9/h3-7H,8H2,1-2H3,(H2,17,22)(H,18,21)(H,19,20). The molecule has 6 nitrogen and oxygen atoms in total. The fraction of sp³-hybridized carbons (Fsp3) is 0.267. The van der Waals surface area contributed by atoms with Crippen molar-refractivity contribution in [3.8, 4) is 11.3 Å². The number of H-pyrrole nitrogens is 1. The molecule has 1 aromatic carbocycles. The quantitative estimate of drug-likeness (QED) is 0.785. The fourth-order valence-electron chi connectivity index (χ4n) is 1.69. The lowest BCUT2D eigenvalue weighted by Gasteiger charge is -2.20. The Labute approximate surface area is 133 Å². The number of hydrogen-bond acceptors (Lipinski definition) is 3. The van der Waals surface area contributed by atoms with Gasteiger partial charge in [-0.25, -0.2) is 0 Å². The Hall–Kier alpha value is -2.34. The highest BCUT2D eigenvalue weighted by atomic mass is 35.5. The number of nitrogens with two attached hydrogens (primary N) is 1. The SMILES string of the molecule is CC(C)(CNC(=O)c1cc(-c2ccc(Cl)cc2)n[nH]1)C(N)=O. The molecule has 116 valence electrons. The van der Waals surface area contributed by atoms with Crippen LogP contribution in [0.1, 0.15) is 24.3 Å². The summed E-state index contributed by atoms with van der Waals surface area (Å²) in [5.74, 6) is -0.818. The van der Waals surface area contributed by atoms with Crippen molar-refractivity contribution in [2.75, 3.05) is 6.54 Å². The zero-order valence-corrected chi connectivity index (χ0v) is 13.1. The van der Waals surface area contributed by atoms with Crippen LogP contribution < -0.4 is 11.1 Å². The summed E-state index contributed by atoms with van der Waals surface area (Å²) in [4.78, 5) is 23.3. The lowest BCUT2D eigenvalue weighted by molar-refractivity contribution is -0.125. The van der Waals surface area contributed by atoms with Gasteiger partial charge < -0.3 is 11.1 Å². The van der Waals surface area contributed by atoms with Crippen LogP contribution >= 0.6 is 11.6 Å². The van der Waals surface area contributed by atoms with Crippen LogP contribution in [-0.4, -0.2) is 28.6 Å². The average Bonchev–Trinajstić information content (AvgIpc) is 2.95. The summed E-state index contributed by atoms with van der Waals surface area (Å²) in [6.45, 7) is 3.49. The molecule has 4 N–H and O–H groups in total. The number of amides is 2. The van der Waals surface area contributed by atoms with Crippen molar-refractivity contribution in [2.24, 2.45) is 11.1 Å². The van der Waals surface area contributed by atoms with E-state index in [1.54, 1.807) is 32.0 Å². The molecule has 0 spiro atoms. The molecule has 0 fully saturated rings. The molecule has 0 atom stereocenters. The third kappa shape index (κ3) is 3.65. The van der Waals surface area contributed by atoms with Crippen molar-refractivity contribution in [3.63, 3.8) is 0 Å². The van der Waals surface area contributed by atoms with Gasteiger partial charge in [-0.3, -0.25) is 14.7 Å². The third-order valence-corrected chi connectivity index (χ3v) is 3.57. The second-order valence-electron chi connectivity index (χ2n) is 5.60. The molecule has 0 radical (unpaired) electrons. The van der Waals surface area contributed by atoms with E-state index in [0.29, 0.717) is 16.4 Å². The molecule has 1 heterocycles. The Morgan fingerprint density at radius 1 is 1.32 bits per heavy atom. The monoisotopic (exact) mass is 320 g/mol. The van der Waals surface area contributed by atoms with Gasteiger partial charge in [-0.1, -0.05) is 23.7 Å². The number of hydrogen-bond donors (Lipinski definition) is 3. The van der Waals surface area contributed by atoms with Crippen molar-refractivity contribution in [1.82, 2.24) is 15.5 Å². The number of benzene rings is 1. The Kier molecular flexibility index (Phi) is 4.51. The molecule has 0 saturated heterocycles. The van der Waals surface area contributed by atoms with Crippen LogP contribution in [0, 0.1) is 5.41 Å². The Morgan fingerprint density at radius 2 is 1.95 bits per heavy atom. The van der Waals surface area contributed by atoms with Crippen molar-refractivity contribution in [2.45, 2.75) is 13.8 Å². The van der Waals surface area contributed by atoms with Gasteiger partial charge in [-0.2, -0.15) is 5.10 Å². The summed E-state index contributed by atoms with van der Waals surface area (Å²) < 4.78 is 0. The van der Waals surface area contributed by atoms with Crippen LogP contribution in [0.15, 0.2) is 30.3 Å². The maximum absolute atomic E-state index is 12.1. The van der Waals surface area contributed by atoms with E-state index in [4.69, 9.17) is 17.3 Å².